The molecule has 0 radical (unpaired) electrons. The van der Waals surface area contributed by atoms with Crippen LogP contribution in [0.15, 0.2) is 23.1 Å². The minimum Gasteiger partial charge on any atom is -0.456 e. The van der Waals surface area contributed by atoms with Gasteiger partial charge in [-0.3, -0.25) is 14.4 Å². The molecule has 0 aromatic heterocycles. The van der Waals surface area contributed by atoms with Gasteiger partial charge in [0.1, 0.15) is 0 Å². The first-order valence-corrected chi connectivity index (χ1v) is 9.72. The van der Waals surface area contributed by atoms with E-state index in [2.05, 4.69) is 31.3 Å². The van der Waals surface area contributed by atoms with Gasteiger partial charge in [0.25, 0.3) is 5.91 Å². The Morgan fingerprint density at radius 1 is 1.23 bits per heavy atom. The average Bonchev–Trinajstić information content (AvgIpc) is 3.39. The lowest BCUT2D eigenvalue weighted by Crippen LogP contribution is -2.40. The van der Waals surface area contributed by atoms with Crippen LogP contribution in [0.1, 0.15) is 30.4 Å². The lowest BCUT2D eigenvalue weighted by Gasteiger charge is -2.16. The fraction of sp³-hybridized carbons (Fsp3) is 0.526. The Hall–Kier alpha value is -2.02. The van der Waals surface area contributed by atoms with Crippen molar-refractivity contribution in [1.82, 2.24) is 10.2 Å². The SMILES string of the molecule is Cc1ccc(SCCC(=O)OCC(=O)N(C)CC(=O)NC2CC2)cc1C. The molecule has 1 aliphatic rings. The zero-order valence-electron chi connectivity index (χ0n) is 15.5. The van der Waals surface area contributed by atoms with E-state index in [1.807, 2.05) is 6.07 Å². The van der Waals surface area contributed by atoms with Gasteiger partial charge in [0.15, 0.2) is 6.61 Å². The zero-order chi connectivity index (χ0) is 19.1. The van der Waals surface area contributed by atoms with Crippen LogP contribution < -0.4 is 5.32 Å². The third kappa shape index (κ3) is 7.07. The molecule has 0 atom stereocenters. The second-order valence-corrected chi connectivity index (χ2v) is 7.77. The Morgan fingerprint density at radius 3 is 2.62 bits per heavy atom. The monoisotopic (exact) mass is 378 g/mol. The molecule has 0 heterocycles. The first-order valence-electron chi connectivity index (χ1n) is 8.74. The molecule has 7 heteroatoms. The maximum Gasteiger partial charge on any atom is 0.307 e. The predicted molar refractivity (Wildman–Crippen MR) is 101 cm³/mol. The lowest BCUT2D eigenvalue weighted by atomic mass is 10.1. The minimum absolute atomic E-state index is 0.0183. The van der Waals surface area contributed by atoms with E-state index >= 15 is 0 Å². The number of likely N-dealkylation sites (N-methyl/N-ethyl adjacent to an activating group) is 1. The van der Waals surface area contributed by atoms with E-state index in [1.54, 1.807) is 11.8 Å². The lowest BCUT2D eigenvalue weighted by molar-refractivity contribution is -0.151. The van der Waals surface area contributed by atoms with Crippen molar-refractivity contribution in [2.75, 3.05) is 26.0 Å². The smallest absolute Gasteiger partial charge is 0.307 e. The third-order valence-corrected chi connectivity index (χ3v) is 5.15. The van der Waals surface area contributed by atoms with Crippen molar-refractivity contribution < 1.29 is 19.1 Å². The van der Waals surface area contributed by atoms with E-state index in [0.717, 1.165) is 17.7 Å². The van der Waals surface area contributed by atoms with Crippen LogP contribution >= 0.6 is 11.8 Å². The number of nitrogens with one attached hydrogen (secondary N) is 1. The number of benzene rings is 1. The number of carbonyl (C=O) groups is 3. The number of amides is 2. The normalized spacial score (nSPS) is 13.2. The summed E-state index contributed by atoms with van der Waals surface area (Å²) in [6.45, 7) is 3.77. The molecule has 0 aliphatic heterocycles. The largest absolute Gasteiger partial charge is 0.456 e. The standard InChI is InChI=1S/C19H26N2O4S/c1-13-4-7-16(10-14(13)2)26-9-8-19(24)25-12-18(23)21(3)11-17(22)20-15-5-6-15/h4,7,10,15H,5-6,8-9,11-12H2,1-3H3,(H,20,22). The molecule has 2 amide bonds. The molecule has 0 bridgehead atoms. The van der Waals surface area contributed by atoms with Crippen LogP contribution in [0, 0.1) is 13.8 Å². The Bertz CT molecular complexity index is 674. The molecule has 1 saturated carbocycles. The molecule has 0 saturated heterocycles. The molecule has 0 spiro atoms. The van der Waals surface area contributed by atoms with Crippen LogP contribution in [0.4, 0.5) is 0 Å². The van der Waals surface area contributed by atoms with Gasteiger partial charge in [-0.15, -0.1) is 11.8 Å². The maximum atomic E-state index is 11.9. The minimum atomic E-state index is -0.412. The summed E-state index contributed by atoms with van der Waals surface area (Å²) >= 11 is 1.58. The summed E-state index contributed by atoms with van der Waals surface area (Å²) in [5.41, 5.74) is 2.46. The van der Waals surface area contributed by atoms with Gasteiger partial charge in [-0.1, -0.05) is 6.07 Å². The van der Waals surface area contributed by atoms with E-state index in [4.69, 9.17) is 4.74 Å². The highest BCUT2D eigenvalue weighted by atomic mass is 32.2. The maximum absolute atomic E-state index is 11.9. The highest BCUT2D eigenvalue weighted by molar-refractivity contribution is 7.99. The first-order chi connectivity index (χ1) is 12.3. The Morgan fingerprint density at radius 2 is 1.96 bits per heavy atom. The van der Waals surface area contributed by atoms with Gasteiger partial charge in [-0.25, -0.2) is 0 Å². The number of hydrogen-bond donors (Lipinski definition) is 1. The van der Waals surface area contributed by atoms with Gasteiger partial charge in [0.05, 0.1) is 13.0 Å². The number of hydrogen-bond acceptors (Lipinski definition) is 5. The van der Waals surface area contributed by atoms with Crippen molar-refractivity contribution in [3.05, 3.63) is 29.3 Å². The quantitative estimate of drug-likeness (QED) is 0.526. The number of ether oxygens (including phenoxy) is 1. The van der Waals surface area contributed by atoms with Crippen LogP contribution in [0.3, 0.4) is 0 Å². The summed E-state index contributed by atoms with van der Waals surface area (Å²) in [4.78, 5) is 37.7. The number of esters is 1. The summed E-state index contributed by atoms with van der Waals surface area (Å²) in [6, 6.07) is 6.45. The molecule has 6 nitrogen and oxygen atoms in total. The van der Waals surface area contributed by atoms with E-state index in [0.29, 0.717) is 5.75 Å². The third-order valence-electron chi connectivity index (χ3n) is 4.16. The van der Waals surface area contributed by atoms with Gasteiger partial charge in [0.2, 0.25) is 5.91 Å². The number of carbonyl (C=O) groups excluding carboxylic acids is 3. The van der Waals surface area contributed by atoms with E-state index in [9.17, 15) is 14.4 Å². The summed E-state index contributed by atoms with van der Waals surface area (Å²) < 4.78 is 5.01. The predicted octanol–water partition coefficient (Wildman–Crippen LogP) is 2.07. The van der Waals surface area contributed by atoms with Crippen LogP contribution in [0.5, 0.6) is 0 Å². The molecule has 1 aromatic rings. The highest BCUT2D eigenvalue weighted by Crippen LogP contribution is 2.21. The van der Waals surface area contributed by atoms with Gasteiger partial charge in [-0.05, 0) is 49.9 Å². The van der Waals surface area contributed by atoms with Crippen molar-refractivity contribution in [3.8, 4) is 0 Å². The zero-order valence-corrected chi connectivity index (χ0v) is 16.4. The fourth-order valence-corrected chi connectivity index (χ4v) is 3.11. The highest BCUT2D eigenvalue weighted by Gasteiger charge is 2.24. The molecule has 1 aliphatic carbocycles. The summed E-state index contributed by atoms with van der Waals surface area (Å²) in [7, 11) is 1.53. The average molecular weight is 378 g/mol. The Kier molecular flexibility index (Phi) is 7.50. The number of aryl methyl sites for hydroxylation is 2. The summed E-state index contributed by atoms with van der Waals surface area (Å²) in [5.74, 6) is -0.383. The molecule has 0 unspecified atom stereocenters. The fourth-order valence-electron chi connectivity index (χ4n) is 2.19. The number of thioether (sulfide) groups is 1. The summed E-state index contributed by atoms with van der Waals surface area (Å²) in [6.07, 6.45) is 2.24. The second kappa shape index (κ2) is 9.62. The molecular formula is C19H26N2O4S. The first kappa shape index (κ1) is 20.3. The van der Waals surface area contributed by atoms with Crippen molar-refractivity contribution in [2.24, 2.45) is 0 Å². The molecule has 2 rings (SSSR count). The molecule has 1 N–H and O–H groups in total. The summed E-state index contributed by atoms with van der Waals surface area (Å²) in [5, 5.41) is 2.81. The topological polar surface area (TPSA) is 75.7 Å². The van der Waals surface area contributed by atoms with Crippen molar-refractivity contribution in [3.63, 3.8) is 0 Å². The van der Waals surface area contributed by atoms with Gasteiger partial charge < -0.3 is 15.0 Å². The van der Waals surface area contributed by atoms with E-state index in [-0.39, 0.29) is 37.4 Å². The van der Waals surface area contributed by atoms with Gasteiger partial charge in [0, 0.05) is 23.7 Å². The van der Waals surface area contributed by atoms with Crippen LogP contribution in [0.2, 0.25) is 0 Å². The van der Waals surface area contributed by atoms with Crippen molar-refractivity contribution in [2.45, 2.75) is 44.0 Å². The van der Waals surface area contributed by atoms with Gasteiger partial charge >= 0.3 is 5.97 Å². The van der Waals surface area contributed by atoms with E-state index in [1.165, 1.54) is 23.1 Å². The Balaban J connectivity index is 1.61. The van der Waals surface area contributed by atoms with Crippen LogP contribution in [0.25, 0.3) is 0 Å². The molecule has 26 heavy (non-hydrogen) atoms. The molecular weight excluding hydrogens is 352 g/mol. The molecule has 142 valence electrons. The molecule has 1 aromatic carbocycles. The van der Waals surface area contributed by atoms with Crippen molar-refractivity contribution in [1.29, 1.82) is 0 Å². The second-order valence-electron chi connectivity index (χ2n) is 6.60. The number of nitrogens with zero attached hydrogens (tertiary/aromatic N) is 1. The Labute approximate surface area is 158 Å². The van der Waals surface area contributed by atoms with Crippen LogP contribution in [-0.4, -0.2) is 54.7 Å². The number of rotatable bonds is 9. The van der Waals surface area contributed by atoms with E-state index < -0.39 is 5.97 Å². The molecule has 1 fully saturated rings. The van der Waals surface area contributed by atoms with Crippen LogP contribution in [-0.2, 0) is 19.1 Å². The van der Waals surface area contributed by atoms with Gasteiger partial charge in [-0.2, -0.15) is 0 Å². The van der Waals surface area contributed by atoms with Crippen molar-refractivity contribution >= 4 is 29.5 Å².